The molecule has 6 heteroatoms. The maximum Gasteiger partial charge on any atom is 0.325 e. The van der Waals surface area contributed by atoms with Crippen LogP contribution in [0.2, 0.25) is 0 Å². The normalized spacial score (nSPS) is 11.9. The topological polar surface area (TPSA) is 102 Å². The minimum atomic E-state index is -1.11. The monoisotopic (exact) mass is 241 g/mol. The highest BCUT2D eigenvalue weighted by Crippen LogP contribution is 2.29. The first-order chi connectivity index (χ1) is 8.10. The first kappa shape index (κ1) is 13.3. The summed E-state index contributed by atoms with van der Waals surface area (Å²) in [5, 5.41) is 17.4. The third kappa shape index (κ3) is 3.33. The second kappa shape index (κ2) is 6.07. The van der Waals surface area contributed by atoms with Gasteiger partial charge >= 0.3 is 5.97 Å². The second-order valence-electron chi connectivity index (χ2n) is 3.30. The largest absolute Gasteiger partial charge is 0.493 e. The molecular weight excluding hydrogens is 226 g/mol. The molecule has 0 saturated heterocycles. The van der Waals surface area contributed by atoms with Gasteiger partial charge in [-0.25, -0.2) is 0 Å². The molecule has 0 heterocycles. The van der Waals surface area contributed by atoms with Crippen LogP contribution < -0.4 is 15.2 Å². The summed E-state index contributed by atoms with van der Waals surface area (Å²) in [6.45, 7) is 0.0280. The molecule has 4 N–H and O–H groups in total. The molecule has 0 radical (unpaired) electrons. The van der Waals surface area contributed by atoms with Gasteiger partial charge in [-0.15, -0.1) is 0 Å². The summed E-state index contributed by atoms with van der Waals surface area (Å²) in [6, 6.07) is 3.52. The van der Waals surface area contributed by atoms with E-state index in [2.05, 4.69) is 0 Å². The smallest absolute Gasteiger partial charge is 0.325 e. The standard InChI is InChI=1S/C11H15NO5/c1-16-9-6-7(10(12)11(14)15)2-3-8(9)17-5-4-13/h2-3,6,10,13H,4-5,12H2,1H3,(H,14,15)/t10-/m0/s1. The van der Waals surface area contributed by atoms with Gasteiger partial charge in [0.25, 0.3) is 0 Å². The number of hydrogen-bond donors (Lipinski definition) is 3. The van der Waals surface area contributed by atoms with Crippen LogP contribution in [0.3, 0.4) is 0 Å². The van der Waals surface area contributed by atoms with Crippen molar-refractivity contribution in [3.63, 3.8) is 0 Å². The van der Waals surface area contributed by atoms with Gasteiger partial charge in [-0.2, -0.15) is 0 Å². The van der Waals surface area contributed by atoms with E-state index >= 15 is 0 Å². The first-order valence-corrected chi connectivity index (χ1v) is 5.00. The summed E-state index contributed by atoms with van der Waals surface area (Å²) in [5.74, 6) is -0.299. The predicted molar refractivity (Wildman–Crippen MR) is 60.1 cm³/mol. The number of aliphatic hydroxyl groups excluding tert-OH is 1. The molecule has 0 aromatic heterocycles. The summed E-state index contributed by atoms with van der Waals surface area (Å²) >= 11 is 0. The summed E-state index contributed by atoms with van der Waals surface area (Å²) < 4.78 is 10.3. The average molecular weight is 241 g/mol. The van der Waals surface area contributed by atoms with Crippen LogP contribution in [0.25, 0.3) is 0 Å². The fourth-order valence-corrected chi connectivity index (χ4v) is 1.30. The molecule has 0 bridgehead atoms. The van der Waals surface area contributed by atoms with Crippen molar-refractivity contribution in [1.29, 1.82) is 0 Å². The van der Waals surface area contributed by atoms with Crippen molar-refractivity contribution in [3.05, 3.63) is 23.8 Å². The van der Waals surface area contributed by atoms with Crippen molar-refractivity contribution in [1.82, 2.24) is 0 Å². The zero-order valence-corrected chi connectivity index (χ0v) is 9.42. The number of nitrogens with two attached hydrogens (primary N) is 1. The maximum absolute atomic E-state index is 10.7. The number of benzene rings is 1. The third-order valence-corrected chi connectivity index (χ3v) is 2.16. The number of methoxy groups -OCH3 is 1. The number of carboxylic acid groups (broad SMARTS) is 1. The van der Waals surface area contributed by atoms with Crippen LogP contribution >= 0.6 is 0 Å². The van der Waals surface area contributed by atoms with Gasteiger partial charge in [0, 0.05) is 0 Å². The second-order valence-corrected chi connectivity index (χ2v) is 3.30. The van der Waals surface area contributed by atoms with Crippen molar-refractivity contribution in [2.24, 2.45) is 5.73 Å². The number of rotatable bonds is 6. The van der Waals surface area contributed by atoms with Crippen LogP contribution in [0, 0.1) is 0 Å². The quantitative estimate of drug-likeness (QED) is 0.655. The van der Waals surface area contributed by atoms with Gasteiger partial charge in [0.2, 0.25) is 0 Å². The lowest BCUT2D eigenvalue weighted by atomic mass is 10.1. The minimum Gasteiger partial charge on any atom is -0.493 e. The SMILES string of the molecule is COc1cc([C@H](N)C(=O)O)ccc1OCCO. The molecule has 0 aliphatic rings. The lowest BCUT2D eigenvalue weighted by Gasteiger charge is -2.13. The molecule has 6 nitrogen and oxygen atoms in total. The Morgan fingerprint density at radius 2 is 2.18 bits per heavy atom. The summed E-state index contributed by atoms with van der Waals surface area (Å²) in [4.78, 5) is 10.7. The molecule has 1 atom stereocenters. The van der Waals surface area contributed by atoms with Crippen LogP contribution in [0.1, 0.15) is 11.6 Å². The van der Waals surface area contributed by atoms with Crippen molar-refractivity contribution in [2.45, 2.75) is 6.04 Å². The van der Waals surface area contributed by atoms with Crippen LogP contribution in [-0.4, -0.2) is 36.5 Å². The Hall–Kier alpha value is -1.79. The fraction of sp³-hybridized carbons (Fsp3) is 0.364. The van der Waals surface area contributed by atoms with Crippen LogP contribution in [0.5, 0.6) is 11.5 Å². The average Bonchev–Trinajstić information content (AvgIpc) is 2.35. The number of carbonyl (C=O) groups is 1. The van der Waals surface area contributed by atoms with Gasteiger partial charge in [0.05, 0.1) is 13.7 Å². The number of aliphatic carboxylic acids is 1. The van der Waals surface area contributed by atoms with Crippen LogP contribution in [0.15, 0.2) is 18.2 Å². The number of aliphatic hydroxyl groups is 1. The van der Waals surface area contributed by atoms with Crippen LogP contribution in [-0.2, 0) is 4.79 Å². The maximum atomic E-state index is 10.7. The van der Waals surface area contributed by atoms with Crippen LogP contribution in [0.4, 0.5) is 0 Å². The molecule has 0 fully saturated rings. The minimum absolute atomic E-state index is 0.112. The molecule has 0 aliphatic heterocycles. The Bertz CT molecular complexity index is 393. The van der Waals surface area contributed by atoms with Gasteiger partial charge < -0.3 is 25.4 Å². The molecule has 0 aliphatic carbocycles. The summed E-state index contributed by atoms with van der Waals surface area (Å²) in [7, 11) is 1.44. The predicted octanol–water partition coefficient (Wildman–Crippen LogP) is 0.151. The van der Waals surface area contributed by atoms with Gasteiger partial charge in [0.15, 0.2) is 11.5 Å². The number of ether oxygens (including phenoxy) is 2. The van der Waals surface area contributed by atoms with Gasteiger partial charge in [-0.05, 0) is 17.7 Å². The molecule has 94 valence electrons. The highest BCUT2D eigenvalue weighted by Gasteiger charge is 2.16. The molecule has 1 aromatic rings. The summed E-state index contributed by atoms with van der Waals surface area (Å²) in [6.07, 6.45) is 0. The lowest BCUT2D eigenvalue weighted by molar-refractivity contribution is -0.138. The molecule has 0 saturated carbocycles. The van der Waals surface area contributed by atoms with Gasteiger partial charge in [-0.3, -0.25) is 4.79 Å². The molecule has 0 unspecified atom stereocenters. The van der Waals surface area contributed by atoms with Crippen molar-refractivity contribution >= 4 is 5.97 Å². The van der Waals surface area contributed by atoms with E-state index in [0.29, 0.717) is 17.1 Å². The zero-order chi connectivity index (χ0) is 12.8. The first-order valence-electron chi connectivity index (χ1n) is 5.00. The van der Waals surface area contributed by atoms with Crippen molar-refractivity contribution in [3.8, 4) is 11.5 Å². The summed E-state index contributed by atoms with van der Waals surface area (Å²) in [5.41, 5.74) is 5.90. The molecular formula is C11H15NO5. The highest BCUT2D eigenvalue weighted by molar-refractivity contribution is 5.75. The van der Waals surface area contributed by atoms with E-state index in [1.807, 2.05) is 0 Å². The Morgan fingerprint density at radius 3 is 2.71 bits per heavy atom. The van der Waals surface area contributed by atoms with E-state index in [0.717, 1.165) is 0 Å². The number of carboxylic acids is 1. The highest BCUT2D eigenvalue weighted by atomic mass is 16.5. The molecule has 0 amide bonds. The molecule has 1 rings (SSSR count). The Balaban J connectivity index is 2.95. The lowest BCUT2D eigenvalue weighted by Crippen LogP contribution is -2.20. The fourth-order valence-electron chi connectivity index (χ4n) is 1.30. The zero-order valence-electron chi connectivity index (χ0n) is 9.42. The third-order valence-electron chi connectivity index (χ3n) is 2.16. The van der Waals surface area contributed by atoms with E-state index in [4.69, 9.17) is 25.4 Å². The Morgan fingerprint density at radius 1 is 1.47 bits per heavy atom. The van der Waals surface area contributed by atoms with E-state index in [9.17, 15) is 4.79 Å². The molecule has 1 aromatic carbocycles. The van der Waals surface area contributed by atoms with E-state index in [1.54, 1.807) is 12.1 Å². The van der Waals surface area contributed by atoms with E-state index in [1.165, 1.54) is 13.2 Å². The number of hydrogen-bond acceptors (Lipinski definition) is 5. The Kier molecular flexibility index (Phi) is 4.74. The van der Waals surface area contributed by atoms with Gasteiger partial charge in [-0.1, -0.05) is 6.07 Å². The van der Waals surface area contributed by atoms with E-state index in [-0.39, 0.29) is 13.2 Å². The Labute approximate surface area is 98.6 Å². The molecule has 17 heavy (non-hydrogen) atoms. The molecule has 0 spiro atoms. The van der Waals surface area contributed by atoms with E-state index < -0.39 is 12.0 Å². The van der Waals surface area contributed by atoms with Gasteiger partial charge in [0.1, 0.15) is 12.6 Å². The van der Waals surface area contributed by atoms with Crippen molar-refractivity contribution < 1.29 is 24.5 Å². The van der Waals surface area contributed by atoms with Crippen molar-refractivity contribution in [2.75, 3.05) is 20.3 Å².